The first kappa shape index (κ1) is 18.7. The van der Waals surface area contributed by atoms with Crippen molar-refractivity contribution in [3.63, 3.8) is 0 Å². The van der Waals surface area contributed by atoms with Gasteiger partial charge in [0.1, 0.15) is 0 Å². The molecule has 1 aliphatic carbocycles. The van der Waals surface area contributed by atoms with E-state index in [0.29, 0.717) is 12.5 Å². The molecular formula is C23H24N6O. The number of nitrogens with zero attached hydrogens (tertiary/aromatic N) is 6. The van der Waals surface area contributed by atoms with Gasteiger partial charge in [-0.05, 0) is 43.7 Å². The predicted octanol–water partition coefficient (Wildman–Crippen LogP) is 4.22. The van der Waals surface area contributed by atoms with Crippen LogP contribution in [0.15, 0.2) is 65.6 Å². The molecule has 0 saturated heterocycles. The minimum absolute atomic E-state index is 0.476. The zero-order valence-electron chi connectivity index (χ0n) is 17.0. The second kappa shape index (κ2) is 8.20. The van der Waals surface area contributed by atoms with E-state index in [9.17, 15) is 0 Å². The third kappa shape index (κ3) is 4.02. The molecule has 5 rings (SSSR count). The third-order valence-corrected chi connectivity index (χ3v) is 5.38. The summed E-state index contributed by atoms with van der Waals surface area (Å²) in [5.74, 6) is 2.01. The maximum absolute atomic E-state index is 5.43. The van der Waals surface area contributed by atoms with Gasteiger partial charge < -0.3 is 4.52 Å². The van der Waals surface area contributed by atoms with Crippen LogP contribution in [0, 0.1) is 0 Å². The first-order valence-electron chi connectivity index (χ1n) is 10.4. The van der Waals surface area contributed by atoms with Crippen LogP contribution in [0.25, 0.3) is 16.9 Å². The fourth-order valence-corrected chi connectivity index (χ4v) is 3.54. The van der Waals surface area contributed by atoms with E-state index in [0.717, 1.165) is 60.2 Å². The molecule has 3 aromatic heterocycles. The maximum Gasteiger partial charge on any atom is 0.229 e. The van der Waals surface area contributed by atoms with Gasteiger partial charge in [-0.3, -0.25) is 9.88 Å². The van der Waals surface area contributed by atoms with E-state index in [1.807, 2.05) is 35.0 Å². The van der Waals surface area contributed by atoms with Gasteiger partial charge in [0, 0.05) is 42.2 Å². The van der Waals surface area contributed by atoms with Crippen molar-refractivity contribution in [2.45, 2.75) is 38.8 Å². The van der Waals surface area contributed by atoms with Crippen LogP contribution in [0.4, 0.5) is 0 Å². The van der Waals surface area contributed by atoms with Crippen LogP contribution in [0.1, 0.15) is 43.0 Å². The molecule has 0 radical (unpaired) electrons. The van der Waals surface area contributed by atoms with Crippen molar-refractivity contribution in [2.75, 3.05) is 6.54 Å². The van der Waals surface area contributed by atoms with Crippen LogP contribution in [0.2, 0.25) is 0 Å². The summed E-state index contributed by atoms with van der Waals surface area (Å²) in [4.78, 5) is 11.0. The molecule has 1 aliphatic rings. The lowest BCUT2D eigenvalue weighted by molar-refractivity contribution is 0.259. The number of aromatic nitrogens is 5. The molecule has 7 heteroatoms. The molecule has 30 heavy (non-hydrogen) atoms. The first-order chi connectivity index (χ1) is 14.8. The summed E-state index contributed by atoms with van der Waals surface area (Å²) in [6.07, 6.45) is 8.04. The van der Waals surface area contributed by atoms with Gasteiger partial charge in [-0.15, -0.1) is 0 Å². The molecule has 0 atom stereocenters. The molecule has 1 aromatic carbocycles. The van der Waals surface area contributed by atoms with Crippen molar-refractivity contribution in [3.8, 4) is 16.9 Å². The largest absolute Gasteiger partial charge is 0.339 e. The van der Waals surface area contributed by atoms with Gasteiger partial charge >= 0.3 is 0 Å². The lowest BCUT2D eigenvalue weighted by Crippen LogP contribution is -2.23. The van der Waals surface area contributed by atoms with E-state index < -0.39 is 0 Å². The van der Waals surface area contributed by atoms with Crippen molar-refractivity contribution in [1.82, 2.24) is 29.8 Å². The fraction of sp³-hybridized carbons (Fsp3) is 0.304. The molecule has 152 valence electrons. The van der Waals surface area contributed by atoms with E-state index in [1.54, 1.807) is 12.4 Å². The minimum atomic E-state index is 0.476. The second-order valence-corrected chi connectivity index (χ2v) is 7.65. The van der Waals surface area contributed by atoms with Gasteiger partial charge in [-0.25, -0.2) is 4.68 Å². The van der Waals surface area contributed by atoms with Crippen molar-refractivity contribution >= 4 is 0 Å². The van der Waals surface area contributed by atoms with E-state index in [-0.39, 0.29) is 0 Å². The molecule has 4 aromatic rings. The maximum atomic E-state index is 5.43. The summed E-state index contributed by atoms with van der Waals surface area (Å²) < 4.78 is 7.37. The Hall–Kier alpha value is -3.32. The molecule has 0 amide bonds. The smallest absolute Gasteiger partial charge is 0.229 e. The summed E-state index contributed by atoms with van der Waals surface area (Å²) in [5, 5.41) is 9.08. The topological polar surface area (TPSA) is 72.9 Å². The molecule has 1 fully saturated rings. The minimum Gasteiger partial charge on any atom is -0.339 e. The Balaban J connectivity index is 1.43. The van der Waals surface area contributed by atoms with E-state index >= 15 is 0 Å². The number of hydrogen-bond donors (Lipinski definition) is 0. The number of para-hydroxylation sites is 1. The molecule has 3 heterocycles. The Kier molecular flexibility index (Phi) is 5.11. The van der Waals surface area contributed by atoms with E-state index in [2.05, 4.69) is 45.3 Å². The fourth-order valence-electron chi connectivity index (χ4n) is 3.54. The van der Waals surface area contributed by atoms with Crippen LogP contribution in [0.5, 0.6) is 0 Å². The SMILES string of the molecule is CCN(Cc1noc(C2CC2)n1)Cc1cn(-c2ccccc2)nc1-c1ccncc1. The zero-order valence-corrected chi connectivity index (χ0v) is 17.0. The Bertz CT molecular complexity index is 1100. The Morgan fingerprint density at radius 2 is 1.87 bits per heavy atom. The van der Waals surface area contributed by atoms with Crippen molar-refractivity contribution in [3.05, 3.63) is 78.3 Å². The average Bonchev–Trinajstić information content (AvgIpc) is 3.40. The normalized spacial score (nSPS) is 13.8. The highest BCUT2D eigenvalue weighted by molar-refractivity contribution is 5.62. The lowest BCUT2D eigenvalue weighted by atomic mass is 10.1. The highest BCUT2D eigenvalue weighted by Gasteiger charge is 2.29. The van der Waals surface area contributed by atoms with Gasteiger partial charge in [0.2, 0.25) is 5.89 Å². The third-order valence-electron chi connectivity index (χ3n) is 5.38. The molecular weight excluding hydrogens is 376 g/mol. The molecule has 7 nitrogen and oxygen atoms in total. The Labute approximate surface area is 175 Å². The van der Waals surface area contributed by atoms with Gasteiger partial charge in [0.05, 0.1) is 17.9 Å². The molecule has 0 spiro atoms. The summed E-state index contributed by atoms with van der Waals surface area (Å²) in [7, 11) is 0. The summed E-state index contributed by atoms with van der Waals surface area (Å²) >= 11 is 0. The standard InChI is InChI=1S/C23H24N6O/c1-2-28(16-21-25-23(30-27-21)18-8-9-18)14-19-15-29(20-6-4-3-5-7-20)26-22(19)17-10-12-24-13-11-17/h3-7,10-13,15,18H,2,8-9,14,16H2,1H3. The Morgan fingerprint density at radius 1 is 1.07 bits per heavy atom. The van der Waals surface area contributed by atoms with E-state index in [1.165, 1.54) is 0 Å². The molecule has 0 N–H and O–H groups in total. The van der Waals surface area contributed by atoms with Crippen LogP contribution in [0.3, 0.4) is 0 Å². The van der Waals surface area contributed by atoms with Gasteiger partial charge in [-0.1, -0.05) is 30.3 Å². The number of pyridine rings is 1. The Morgan fingerprint density at radius 3 is 2.60 bits per heavy atom. The number of rotatable bonds is 8. The monoisotopic (exact) mass is 400 g/mol. The number of hydrogen-bond acceptors (Lipinski definition) is 6. The molecule has 0 bridgehead atoms. The summed E-state index contributed by atoms with van der Waals surface area (Å²) in [6, 6.07) is 14.2. The van der Waals surface area contributed by atoms with Crippen LogP contribution >= 0.6 is 0 Å². The van der Waals surface area contributed by atoms with Crippen molar-refractivity contribution in [2.24, 2.45) is 0 Å². The van der Waals surface area contributed by atoms with Crippen LogP contribution in [-0.2, 0) is 13.1 Å². The first-order valence-corrected chi connectivity index (χ1v) is 10.4. The van der Waals surface area contributed by atoms with Crippen molar-refractivity contribution in [1.29, 1.82) is 0 Å². The highest BCUT2D eigenvalue weighted by Crippen LogP contribution is 2.38. The van der Waals surface area contributed by atoms with Gasteiger partial charge in [-0.2, -0.15) is 10.1 Å². The molecule has 1 saturated carbocycles. The second-order valence-electron chi connectivity index (χ2n) is 7.65. The molecule has 0 unspecified atom stereocenters. The predicted molar refractivity (Wildman–Crippen MR) is 113 cm³/mol. The summed E-state index contributed by atoms with van der Waals surface area (Å²) in [6.45, 7) is 4.42. The van der Waals surface area contributed by atoms with Crippen LogP contribution < -0.4 is 0 Å². The lowest BCUT2D eigenvalue weighted by Gasteiger charge is -2.18. The van der Waals surface area contributed by atoms with Crippen LogP contribution in [-0.4, -0.2) is 36.3 Å². The average molecular weight is 400 g/mol. The number of benzene rings is 1. The highest BCUT2D eigenvalue weighted by atomic mass is 16.5. The van der Waals surface area contributed by atoms with Crippen molar-refractivity contribution < 1.29 is 4.52 Å². The van der Waals surface area contributed by atoms with Gasteiger partial charge in [0.25, 0.3) is 0 Å². The van der Waals surface area contributed by atoms with E-state index in [4.69, 9.17) is 9.62 Å². The molecule has 0 aliphatic heterocycles. The zero-order chi connectivity index (χ0) is 20.3. The summed E-state index contributed by atoms with van der Waals surface area (Å²) in [5.41, 5.74) is 4.21. The van der Waals surface area contributed by atoms with Gasteiger partial charge in [0.15, 0.2) is 5.82 Å². The quantitative estimate of drug-likeness (QED) is 0.441.